The molecule has 0 saturated carbocycles. The lowest BCUT2D eigenvalue weighted by Crippen LogP contribution is -2.54. The van der Waals surface area contributed by atoms with Crippen LogP contribution in [-0.4, -0.2) is 60.3 Å². The van der Waals surface area contributed by atoms with Crippen molar-refractivity contribution in [3.8, 4) is 0 Å². The summed E-state index contributed by atoms with van der Waals surface area (Å²) >= 11 is 0. The molecule has 0 amide bonds. The predicted octanol–water partition coefficient (Wildman–Crippen LogP) is 3.57. The number of rotatable bonds is 9. The Morgan fingerprint density at radius 2 is 1.06 bits per heavy atom. The lowest BCUT2D eigenvalue weighted by atomic mass is 10.1. The molecule has 0 unspecified atom stereocenters. The molecule has 0 bridgehead atoms. The summed E-state index contributed by atoms with van der Waals surface area (Å²) in [5.74, 6) is 0. The zero-order chi connectivity index (χ0) is 22.7. The number of fused-ring (bicyclic) bond motifs is 1. The summed E-state index contributed by atoms with van der Waals surface area (Å²) < 4.78 is 32.6. The molecular formula is C23H32O6Si2. The van der Waals surface area contributed by atoms with E-state index in [1.54, 1.807) is 42.7 Å². The van der Waals surface area contributed by atoms with Gasteiger partial charge >= 0.3 is 17.6 Å². The Labute approximate surface area is 187 Å². The molecule has 8 heteroatoms. The van der Waals surface area contributed by atoms with Crippen LogP contribution in [0.3, 0.4) is 0 Å². The summed E-state index contributed by atoms with van der Waals surface area (Å²) in [6.07, 6.45) is 0. The Balaban J connectivity index is 0.000000225. The Morgan fingerprint density at radius 1 is 0.548 bits per heavy atom. The number of hydrogen-bond acceptors (Lipinski definition) is 6. The minimum absolute atomic E-state index is 0.706. The Bertz CT molecular complexity index is 892. The highest BCUT2D eigenvalue weighted by atomic mass is 28.4. The van der Waals surface area contributed by atoms with Crippen molar-refractivity contribution in [2.75, 3.05) is 42.7 Å². The van der Waals surface area contributed by atoms with E-state index in [1.807, 2.05) is 54.6 Å². The number of hydrogen-bond donors (Lipinski definition) is 0. The highest BCUT2D eigenvalue weighted by molar-refractivity contribution is 6.77. The van der Waals surface area contributed by atoms with E-state index in [2.05, 4.69) is 18.2 Å². The van der Waals surface area contributed by atoms with Crippen molar-refractivity contribution in [1.82, 2.24) is 0 Å². The minimum Gasteiger partial charge on any atom is -0.377 e. The van der Waals surface area contributed by atoms with Gasteiger partial charge in [-0.1, -0.05) is 72.8 Å². The Morgan fingerprint density at radius 3 is 1.61 bits per heavy atom. The van der Waals surface area contributed by atoms with Gasteiger partial charge in [0.25, 0.3) is 0 Å². The van der Waals surface area contributed by atoms with E-state index in [-0.39, 0.29) is 0 Å². The second-order valence-corrected chi connectivity index (χ2v) is 12.5. The molecule has 0 fully saturated rings. The molecule has 0 aliphatic heterocycles. The van der Waals surface area contributed by atoms with Crippen LogP contribution in [0.1, 0.15) is 5.56 Å². The molecule has 0 aliphatic rings. The van der Waals surface area contributed by atoms with Gasteiger partial charge in [-0.25, -0.2) is 0 Å². The van der Waals surface area contributed by atoms with E-state index in [0.717, 1.165) is 16.0 Å². The number of benzene rings is 3. The van der Waals surface area contributed by atoms with Crippen LogP contribution in [0, 0.1) is 0 Å². The fourth-order valence-electron chi connectivity index (χ4n) is 3.38. The molecule has 0 atom stereocenters. The quantitative estimate of drug-likeness (QED) is 0.455. The van der Waals surface area contributed by atoms with E-state index in [1.165, 1.54) is 5.56 Å². The summed E-state index contributed by atoms with van der Waals surface area (Å²) in [7, 11) is 4.54. The molecular weight excluding hydrogens is 428 g/mol. The lowest BCUT2D eigenvalue weighted by Gasteiger charge is -2.25. The molecule has 6 nitrogen and oxygen atoms in total. The fourth-order valence-corrected chi connectivity index (χ4v) is 7.07. The van der Waals surface area contributed by atoms with Crippen molar-refractivity contribution in [3.63, 3.8) is 0 Å². The molecule has 0 aromatic heterocycles. The normalized spacial score (nSPS) is 11.8. The van der Waals surface area contributed by atoms with Crippen LogP contribution in [0.25, 0.3) is 10.8 Å². The van der Waals surface area contributed by atoms with Gasteiger partial charge in [-0.15, -0.1) is 0 Å². The van der Waals surface area contributed by atoms with Gasteiger partial charge in [0.05, 0.1) is 0 Å². The third kappa shape index (κ3) is 6.09. The van der Waals surface area contributed by atoms with Gasteiger partial charge in [0, 0.05) is 53.9 Å². The third-order valence-electron chi connectivity index (χ3n) is 5.12. The monoisotopic (exact) mass is 460 g/mol. The zero-order valence-corrected chi connectivity index (χ0v) is 21.1. The molecule has 0 saturated heterocycles. The summed E-state index contributed by atoms with van der Waals surface area (Å²) in [5, 5.41) is 3.28. The summed E-state index contributed by atoms with van der Waals surface area (Å²) in [6, 6.07) is 25.0. The summed E-state index contributed by atoms with van der Waals surface area (Å²) in [4.78, 5) is 0. The van der Waals surface area contributed by atoms with Crippen molar-refractivity contribution < 1.29 is 26.6 Å². The van der Waals surface area contributed by atoms with Crippen LogP contribution in [0.5, 0.6) is 0 Å². The van der Waals surface area contributed by atoms with E-state index in [0.29, 0.717) is 6.04 Å². The van der Waals surface area contributed by atoms with E-state index in [9.17, 15) is 0 Å². The Hall–Kier alpha value is -1.89. The highest BCUT2D eigenvalue weighted by Crippen LogP contribution is 2.17. The van der Waals surface area contributed by atoms with Crippen LogP contribution in [0.2, 0.25) is 0 Å². The molecule has 0 aliphatic carbocycles. The molecule has 3 aromatic carbocycles. The van der Waals surface area contributed by atoms with Crippen LogP contribution in [0.15, 0.2) is 72.8 Å². The van der Waals surface area contributed by atoms with Crippen molar-refractivity contribution in [2.24, 2.45) is 0 Å². The lowest BCUT2D eigenvalue weighted by molar-refractivity contribution is 0.122. The summed E-state index contributed by atoms with van der Waals surface area (Å²) in [6.45, 7) is 0. The van der Waals surface area contributed by atoms with Gasteiger partial charge in [-0.2, -0.15) is 0 Å². The maximum atomic E-state index is 5.52. The highest BCUT2D eigenvalue weighted by Gasteiger charge is 2.42. The first-order chi connectivity index (χ1) is 15.0. The maximum absolute atomic E-state index is 5.52. The standard InChI is InChI=1S/C13H16O3Si.C10H16O3Si/c1-14-17(15-2,16-3)13-10-6-8-11-7-4-5-9-12(11)13;1-11-14(12-2,13-3)9-10-7-5-4-6-8-10/h4-10H,1-3H3;4-8H,9H2,1-3H3. The third-order valence-corrected chi connectivity index (χ3v) is 10.5. The van der Waals surface area contributed by atoms with E-state index < -0.39 is 17.6 Å². The van der Waals surface area contributed by atoms with Crippen molar-refractivity contribution in [1.29, 1.82) is 0 Å². The fraction of sp³-hybridized carbons (Fsp3) is 0.304. The van der Waals surface area contributed by atoms with Gasteiger partial charge in [-0.3, -0.25) is 0 Å². The topological polar surface area (TPSA) is 55.4 Å². The molecule has 3 rings (SSSR count). The first kappa shape index (κ1) is 25.4. The van der Waals surface area contributed by atoms with Crippen LogP contribution < -0.4 is 5.19 Å². The van der Waals surface area contributed by atoms with E-state index >= 15 is 0 Å². The van der Waals surface area contributed by atoms with Gasteiger partial charge in [0.15, 0.2) is 0 Å². The van der Waals surface area contributed by atoms with Crippen molar-refractivity contribution in [3.05, 3.63) is 78.4 Å². The summed E-state index contributed by atoms with van der Waals surface area (Å²) in [5.41, 5.74) is 1.17. The molecule has 0 spiro atoms. The average Bonchev–Trinajstić information content (AvgIpc) is 2.85. The van der Waals surface area contributed by atoms with Crippen molar-refractivity contribution in [2.45, 2.75) is 6.04 Å². The first-order valence-corrected chi connectivity index (χ1v) is 13.5. The molecule has 168 valence electrons. The Kier molecular flexibility index (Phi) is 10.0. The van der Waals surface area contributed by atoms with Crippen LogP contribution in [0.4, 0.5) is 0 Å². The molecule has 0 N–H and O–H groups in total. The first-order valence-electron chi connectivity index (χ1n) is 9.86. The maximum Gasteiger partial charge on any atom is 0.537 e. The smallest absolute Gasteiger partial charge is 0.377 e. The average molecular weight is 461 g/mol. The minimum atomic E-state index is -2.76. The molecule has 0 radical (unpaired) electrons. The molecule has 0 heterocycles. The molecule has 3 aromatic rings. The predicted molar refractivity (Wildman–Crippen MR) is 127 cm³/mol. The largest absolute Gasteiger partial charge is 0.537 e. The second-order valence-electron chi connectivity index (χ2n) is 6.65. The van der Waals surface area contributed by atoms with Gasteiger partial charge < -0.3 is 26.6 Å². The van der Waals surface area contributed by atoms with Gasteiger partial charge in [-0.05, 0) is 16.3 Å². The van der Waals surface area contributed by atoms with Crippen LogP contribution in [-0.2, 0) is 32.6 Å². The van der Waals surface area contributed by atoms with Gasteiger partial charge in [0.2, 0.25) is 0 Å². The SMILES string of the molecule is CO[Si](Cc1ccccc1)(OC)OC.CO[Si](OC)(OC)c1cccc2ccccc12. The second kappa shape index (κ2) is 12.2. The van der Waals surface area contributed by atoms with Gasteiger partial charge in [0.1, 0.15) is 0 Å². The molecule has 31 heavy (non-hydrogen) atoms. The van der Waals surface area contributed by atoms with Crippen LogP contribution >= 0.6 is 0 Å². The van der Waals surface area contributed by atoms with E-state index in [4.69, 9.17) is 26.6 Å². The zero-order valence-electron chi connectivity index (χ0n) is 19.1. The van der Waals surface area contributed by atoms with Crippen molar-refractivity contribution >= 4 is 33.6 Å².